The molecule has 0 atom stereocenters. The fourth-order valence-electron chi connectivity index (χ4n) is 3.50. The van der Waals surface area contributed by atoms with Gasteiger partial charge in [0.2, 0.25) is 5.91 Å². The molecule has 0 bridgehead atoms. The third-order valence-corrected chi connectivity index (χ3v) is 5.01. The molecule has 21 heavy (non-hydrogen) atoms. The number of nitrogens with two attached hydrogens (primary N) is 1. The molecule has 0 spiro atoms. The van der Waals surface area contributed by atoms with Gasteiger partial charge in [0.25, 0.3) is 0 Å². The molecule has 3 N–H and O–H groups in total. The standard InChI is InChI=1S/C17H24N2O2/c18-12-17(5-7-21-8-6-17)16(20)19-11-13-9-14-3-1-2-4-15(14)10-13/h1-4,13H,5-12,18H2,(H,19,20). The molecule has 1 saturated heterocycles. The van der Waals surface area contributed by atoms with E-state index in [1.54, 1.807) is 0 Å². The lowest BCUT2D eigenvalue weighted by Gasteiger charge is -2.34. The smallest absolute Gasteiger partial charge is 0.227 e. The summed E-state index contributed by atoms with van der Waals surface area (Å²) in [4.78, 5) is 12.5. The van der Waals surface area contributed by atoms with E-state index >= 15 is 0 Å². The van der Waals surface area contributed by atoms with E-state index < -0.39 is 5.41 Å². The largest absolute Gasteiger partial charge is 0.381 e. The van der Waals surface area contributed by atoms with Crippen LogP contribution in [0.4, 0.5) is 0 Å². The summed E-state index contributed by atoms with van der Waals surface area (Å²) in [5.41, 5.74) is 8.32. The van der Waals surface area contributed by atoms with Crippen LogP contribution in [0.3, 0.4) is 0 Å². The average molecular weight is 288 g/mol. The first kappa shape index (κ1) is 14.5. The van der Waals surface area contributed by atoms with Crippen LogP contribution < -0.4 is 11.1 Å². The predicted octanol–water partition coefficient (Wildman–Crippen LogP) is 1.27. The minimum atomic E-state index is -0.413. The molecule has 1 aromatic carbocycles. The van der Waals surface area contributed by atoms with Gasteiger partial charge in [-0.05, 0) is 42.7 Å². The number of benzene rings is 1. The monoisotopic (exact) mass is 288 g/mol. The van der Waals surface area contributed by atoms with Crippen LogP contribution in [0.15, 0.2) is 24.3 Å². The summed E-state index contributed by atoms with van der Waals surface area (Å²) in [6.07, 6.45) is 3.60. The van der Waals surface area contributed by atoms with E-state index in [1.807, 2.05) is 0 Å². The average Bonchev–Trinajstić information content (AvgIpc) is 2.96. The van der Waals surface area contributed by atoms with Crippen LogP contribution in [0.2, 0.25) is 0 Å². The summed E-state index contributed by atoms with van der Waals surface area (Å²) in [6, 6.07) is 8.56. The molecule has 0 unspecified atom stereocenters. The molecular formula is C17H24N2O2. The summed E-state index contributed by atoms with van der Waals surface area (Å²) < 4.78 is 5.36. The Morgan fingerprint density at radius 3 is 2.43 bits per heavy atom. The molecule has 1 fully saturated rings. The summed E-state index contributed by atoms with van der Waals surface area (Å²) in [7, 11) is 0. The van der Waals surface area contributed by atoms with Crippen LogP contribution in [0.5, 0.6) is 0 Å². The predicted molar refractivity (Wildman–Crippen MR) is 81.9 cm³/mol. The van der Waals surface area contributed by atoms with Crippen LogP contribution in [-0.4, -0.2) is 32.2 Å². The molecule has 0 aromatic heterocycles. The van der Waals surface area contributed by atoms with Gasteiger partial charge in [-0.15, -0.1) is 0 Å². The highest BCUT2D eigenvalue weighted by Crippen LogP contribution is 2.30. The van der Waals surface area contributed by atoms with Crippen LogP contribution in [0, 0.1) is 11.3 Å². The van der Waals surface area contributed by atoms with Crippen molar-refractivity contribution in [2.45, 2.75) is 25.7 Å². The van der Waals surface area contributed by atoms with Gasteiger partial charge in [0, 0.05) is 26.3 Å². The number of nitrogens with one attached hydrogen (secondary N) is 1. The Bertz CT molecular complexity index is 484. The van der Waals surface area contributed by atoms with E-state index in [1.165, 1.54) is 11.1 Å². The van der Waals surface area contributed by atoms with Crippen molar-refractivity contribution in [3.8, 4) is 0 Å². The summed E-state index contributed by atoms with van der Waals surface area (Å²) in [6.45, 7) is 2.43. The summed E-state index contributed by atoms with van der Waals surface area (Å²) in [5, 5.41) is 3.15. The number of carbonyl (C=O) groups is 1. The van der Waals surface area contributed by atoms with Gasteiger partial charge in [0.15, 0.2) is 0 Å². The van der Waals surface area contributed by atoms with Crippen LogP contribution in [0.1, 0.15) is 24.0 Å². The molecule has 4 nitrogen and oxygen atoms in total. The Labute approximate surface area is 126 Å². The Morgan fingerprint density at radius 1 is 1.24 bits per heavy atom. The highest BCUT2D eigenvalue weighted by Gasteiger charge is 2.38. The Balaban J connectivity index is 1.55. The minimum Gasteiger partial charge on any atom is -0.381 e. The van der Waals surface area contributed by atoms with Crippen molar-refractivity contribution >= 4 is 5.91 Å². The highest BCUT2D eigenvalue weighted by atomic mass is 16.5. The number of rotatable bonds is 4. The van der Waals surface area contributed by atoms with Gasteiger partial charge < -0.3 is 15.8 Å². The first-order valence-electron chi connectivity index (χ1n) is 7.86. The van der Waals surface area contributed by atoms with E-state index in [2.05, 4.69) is 29.6 Å². The molecule has 3 rings (SSSR count). The highest BCUT2D eigenvalue weighted by molar-refractivity contribution is 5.83. The van der Waals surface area contributed by atoms with Crippen molar-refractivity contribution in [3.63, 3.8) is 0 Å². The van der Waals surface area contributed by atoms with E-state index in [4.69, 9.17) is 10.5 Å². The van der Waals surface area contributed by atoms with Crippen molar-refractivity contribution in [2.24, 2.45) is 17.1 Å². The molecule has 2 aliphatic rings. The minimum absolute atomic E-state index is 0.115. The lowest BCUT2D eigenvalue weighted by atomic mass is 9.79. The maximum atomic E-state index is 12.5. The maximum Gasteiger partial charge on any atom is 0.227 e. The quantitative estimate of drug-likeness (QED) is 0.877. The maximum absolute atomic E-state index is 12.5. The molecule has 1 aliphatic heterocycles. The number of carbonyl (C=O) groups excluding carboxylic acids is 1. The normalized spacial score (nSPS) is 21.0. The molecule has 0 radical (unpaired) electrons. The zero-order valence-electron chi connectivity index (χ0n) is 12.4. The number of fused-ring (bicyclic) bond motifs is 1. The molecule has 114 valence electrons. The molecular weight excluding hydrogens is 264 g/mol. The number of amides is 1. The van der Waals surface area contributed by atoms with Gasteiger partial charge in [-0.2, -0.15) is 0 Å². The summed E-state index contributed by atoms with van der Waals surface area (Å²) >= 11 is 0. The lowest BCUT2D eigenvalue weighted by molar-refractivity contribution is -0.136. The first-order chi connectivity index (χ1) is 10.2. The number of hydrogen-bond acceptors (Lipinski definition) is 3. The Kier molecular flexibility index (Phi) is 4.27. The molecule has 1 heterocycles. The fraction of sp³-hybridized carbons (Fsp3) is 0.588. The second-order valence-electron chi connectivity index (χ2n) is 6.35. The van der Waals surface area contributed by atoms with E-state index in [9.17, 15) is 4.79 Å². The summed E-state index contributed by atoms with van der Waals surface area (Å²) in [5.74, 6) is 0.630. The van der Waals surface area contributed by atoms with Gasteiger partial charge in [0.05, 0.1) is 5.41 Å². The van der Waals surface area contributed by atoms with Gasteiger partial charge >= 0.3 is 0 Å². The molecule has 1 aliphatic carbocycles. The molecule has 1 aromatic rings. The van der Waals surface area contributed by atoms with E-state index in [0.29, 0.717) is 25.7 Å². The van der Waals surface area contributed by atoms with Crippen molar-refractivity contribution in [3.05, 3.63) is 35.4 Å². The van der Waals surface area contributed by atoms with E-state index in [0.717, 1.165) is 32.2 Å². The van der Waals surface area contributed by atoms with Crippen LogP contribution in [-0.2, 0) is 22.4 Å². The van der Waals surface area contributed by atoms with Gasteiger partial charge in [-0.1, -0.05) is 24.3 Å². The SMILES string of the molecule is NCC1(C(=O)NCC2Cc3ccccc3C2)CCOCC1. The third kappa shape index (κ3) is 2.97. The van der Waals surface area contributed by atoms with Crippen molar-refractivity contribution in [1.29, 1.82) is 0 Å². The van der Waals surface area contributed by atoms with Gasteiger partial charge in [-0.3, -0.25) is 4.79 Å². The zero-order chi connectivity index (χ0) is 14.7. The zero-order valence-corrected chi connectivity index (χ0v) is 12.4. The first-order valence-corrected chi connectivity index (χ1v) is 7.86. The van der Waals surface area contributed by atoms with Crippen molar-refractivity contribution in [1.82, 2.24) is 5.32 Å². The number of ether oxygens (including phenoxy) is 1. The van der Waals surface area contributed by atoms with Crippen molar-refractivity contribution < 1.29 is 9.53 Å². The van der Waals surface area contributed by atoms with Gasteiger partial charge in [-0.25, -0.2) is 0 Å². The molecule has 1 amide bonds. The molecule has 0 saturated carbocycles. The topological polar surface area (TPSA) is 64.4 Å². The number of hydrogen-bond donors (Lipinski definition) is 2. The van der Waals surface area contributed by atoms with Crippen LogP contribution >= 0.6 is 0 Å². The second kappa shape index (κ2) is 6.16. The van der Waals surface area contributed by atoms with E-state index in [-0.39, 0.29) is 5.91 Å². The molecule has 4 heteroatoms. The van der Waals surface area contributed by atoms with Crippen LogP contribution in [0.25, 0.3) is 0 Å². The Morgan fingerprint density at radius 2 is 1.86 bits per heavy atom. The second-order valence-corrected chi connectivity index (χ2v) is 6.35. The Hall–Kier alpha value is -1.39. The third-order valence-electron chi connectivity index (χ3n) is 5.01. The fourth-order valence-corrected chi connectivity index (χ4v) is 3.50. The lowest BCUT2D eigenvalue weighted by Crippen LogP contribution is -2.50. The van der Waals surface area contributed by atoms with Crippen molar-refractivity contribution in [2.75, 3.05) is 26.3 Å². The van der Waals surface area contributed by atoms with Gasteiger partial charge in [0.1, 0.15) is 0 Å².